The van der Waals surface area contributed by atoms with Crippen molar-refractivity contribution in [3.8, 4) is 0 Å². The zero-order valence-electron chi connectivity index (χ0n) is 9.04. The molecule has 0 atom stereocenters. The minimum atomic E-state index is 0.306. The van der Waals surface area contributed by atoms with Crippen molar-refractivity contribution in [2.24, 2.45) is 11.8 Å². The molecule has 0 aromatic carbocycles. The highest BCUT2D eigenvalue weighted by Crippen LogP contribution is 1.83. The second-order valence-corrected chi connectivity index (χ2v) is 3.15. The maximum Gasteiger partial charge on any atom is 0.112 e. The van der Waals surface area contributed by atoms with E-state index in [1.807, 2.05) is 33.5 Å². The van der Waals surface area contributed by atoms with E-state index in [9.17, 15) is 0 Å². The SMILES string of the molecule is CC(C)CO.CC(C)CO.[CH3][Al]. The maximum absolute atomic E-state index is 8.14. The number of hydrogen-bond acceptors (Lipinski definition) is 2. The van der Waals surface area contributed by atoms with Crippen LogP contribution in [0.15, 0.2) is 0 Å². The lowest BCUT2D eigenvalue weighted by molar-refractivity contribution is 0.248. The molecule has 0 amide bonds. The van der Waals surface area contributed by atoms with E-state index in [1.165, 1.54) is 0 Å². The van der Waals surface area contributed by atoms with Gasteiger partial charge in [-0.15, -0.1) is 5.79 Å². The van der Waals surface area contributed by atoms with Crippen molar-refractivity contribution < 1.29 is 10.2 Å². The Hall–Kier alpha value is 0.452. The Balaban J connectivity index is -0.000000112. The van der Waals surface area contributed by atoms with Crippen LogP contribution in [-0.2, 0) is 0 Å². The molecule has 3 heteroatoms. The smallest absolute Gasteiger partial charge is 0.112 e. The second kappa shape index (κ2) is 17.5. The number of aliphatic hydroxyl groups excluding tert-OH is 2. The molecular weight excluding hydrogens is 167 g/mol. The summed E-state index contributed by atoms with van der Waals surface area (Å²) in [4.78, 5) is 0. The third-order valence-corrected chi connectivity index (χ3v) is 0.730. The van der Waals surface area contributed by atoms with E-state index in [0.717, 1.165) is 0 Å². The average Bonchev–Trinajstić information content (AvgIpc) is 2.09. The van der Waals surface area contributed by atoms with E-state index in [-0.39, 0.29) is 0 Å². The molecule has 2 N–H and O–H groups in total. The standard InChI is InChI=1S/2C4H10O.CH3.Al/c2*1-4(2)3-5;;/h2*4-5H,3H2,1-2H3;1H3;. The first-order chi connectivity index (χ1) is 5.54. The molecule has 0 saturated carbocycles. The van der Waals surface area contributed by atoms with Crippen LogP contribution in [0.25, 0.3) is 0 Å². The Morgan fingerprint density at radius 1 is 0.833 bits per heavy atom. The van der Waals surface area contributed by atoms with Gasteiger partial charge in [-0.25, -0.2) is 0 Å². The summed E-state index contributed by atoms with van der Waals surface area (Å²) < 4.78 is 0. The molecule has 0 spiro atoms. The van der Waals surface area contributed by atoms with Gasteiger partial charge in [0.15, 0.2) is 0 Å². The summed E-state index contributed by atoms with van der Waals surface area (Å²) in [6.07, 6.45) is 0. The predicted molar refractivity (Wildman–Crippen MR) is 55.5 cm³/mol. The quantitative estimate of drug-likeness (QED) is 0.647. The largest absolute Gasteiger partial charge is 0.396 e. The molecule has 0 fully saturated rings. The van der Waals surface area contributed by atoms with Gasteiger partial charge in [0.1, 0.15) is 16.3 Å². The summed E-state index contributed by atoms with van der Waals surface area (Å²) in [5.74, 6) is 2.80. The Bertz CT molecular complexity index is 48.5. The maximum atomic E-state index is 8.14. The van der Waals surface area contributed by atoms with Crippen LogP contribution in [0.2, 0.25) is 5.79 Å². The molecule has 0 aliphatic heterocycles. The van der Waals surface area contributed by atoms with Crippen LogP contribution in [-0.4, -0.2) is 39.7 Å². The Kier molecular flexibility index (Phi) is 26.7. The van der Waals surface area contributed by atoms with Crippen molar-refractivity contribution in [2.45, 2.75) is 33.5 Å². The molecule has 0 unspecified atom stereocenters. The van der Waals surface area contributed by atoms with Crippen molar-refractivity contribution in [3.05, 3.63) is 0 Å². The van der Waals surface area contributed by atoms with Gasteiger partial charge in [0, 0.05) is 13.2 Å². The molecule has 0 rings (SSSR count). The van der Waals surface area contributed by atoms with Crippen molar-refractivity contribution >= 4 is 16.3 Å². The van der Waals surface area contributed by atoms with Gasteiger partial charge in [-0.05, 0) is 11.8 Å². The molecule has 2 nitrogen and oxygen atoms in total. The van der Waals surface area contributed by atoms with Crippen LogP contribution in [0.4, 0.5) is 0 Å². The average molecular weight is 190 g/mol. The lowest BCUT2D eigenvalue weighted by Crippen LogP contribution is -1.90. The minimum absolute atomic E-state index is 0.306. The first-order valence-electron chi connectivity index (χ1n) is 4.34. The highest BCUT2D eigenvalue weighted by Gasteiger charge is 1.82. The lowest BCUT2D eigenvalue weighted by Gasteiger charge is -1.90. The fourth-order valence-electron chi connectivity index (χ4n) is 0. The highest BCUT2D eigenvalue weighted by molar-refractivity contribution is 6.05. The fourth-order valence-corrected chi connectivity index (χ4v) is 0. The molecule has 12 heavy (non-hydrogen) atoms. The van der Waals surface area contributed by atoms with E-state index in [4.69, 9.17) is 10.2 Å². The molecule has 0 heterocycles. The summed E-state index contributed by atoms with van der Waals surface area (Å²) in [6, 6.07) is 0. The number of hydrogen-bond donors (Lipinski definition) is 2. The van der Waals surface area contributed by atoms with Gasteiger partial charge < -0.3 is 10.2 Å². The first-order valence-corrected chi connectivity index (χ1v) is 5.49. The van der Waals surface area contributed by atoms with E-state index in [0.29, 0.717) is 25.0 Å². The third kappa shape index (κ3) is 47.1. The summed E-state index contributed by atoms with van der Waals surface area (Å²) >= 11 is 2.42. The monoisotopic (exact) mass is 190 g/mol. The molecule has 0 aliphatic rings. The van der Waals surface area contributed by atoms with Crippen LogP contribution < -0.4 is 0 Å². The number of rotatable bonds is 2. The molecule has 0 bridgehead atoms. The van der Waals surface area contributed by atoms with Gasteiger partial charge >= 0.3 is 0 Å². The van der Waals surface area contributed by atoms with Gasteiger partial charge in [0.05, 0.1) is 0 Å². The Labute approximate surface area is 85.4 Å². The summed E-state index contributed by atoms with van der Waals surface area (Å²) in [7, 11) is 0. The summed E-state index contributed by atoms with van der Waals surface area (Å²) in [5.41, 5.74) is 0. The van der Waals surface area contributed by atoms with Gasteiger partial charge in [0.25, 0.3) is 0 Å². The van der Waals surface area contributed by atoms with Crippen molar-refractivity contribution in [1.29, 1.82) is 0 Å². The molecule has 0 aromatic rings. The van der Waals surface area contributed by atoms with Crippen molar-refractivity contribution in [3.63, 3.8) is 0 Å². The Morgan fingerprint density at radius 3 is 0.917 bits per heavy atom. The van der Waals surface area contributed by atoms with E-state index < -0.39 is 0 Å². The van der Waals surface area contributed by atoms with Crippen molar-refractivity contribution in [2.75, 3.05) is 13.2 Å². The van der Waals surface area contributed by atoms with Crippen LogP contribution in [0.1, 0.15) is 27.7 Å². The minimum Gasteiger partial charge on any atom is -0.396 e. The number of aliphatic hydroxyl groups is 2. The molecule has 2 radical (unpaired) electrons. The van der Waals surface area contributed by atoms with Crippen LogP contribution in [0, 0.1) is 11.8 Å². The van der Waals surface area contributed by atoms with Crippen LogP contribution >= 0.6 is 0 Å². The Morgan fingerprint density at radius 2 is 0.917 bits per heavy atom. The summed E-state index contributed by atoms with van der Waals surface area (Å²) in [6.45, 7) is 8.50. The van der Waals surface area contributed by atoms with Crippen molar-refractivity contribution in [1.82, 2.24) is 0 Å². The predicted octanol–water partition coefficient (Wildman–Crippen LogP) is 1.47. The zero-order valence-corrected chi connectivity index (χ0v) is 10.2. The van der Waals surface area contributed by atoms with Gasteiger partial charge in [0.2, 0.25) is 0 Å². The van der Waals surface area contributed by atoms with E-state index in [1.54, 1.807) is 0 Å². The van der Waals surface area contributed by atoms with E-state index >= 15 is 0 Å². The van der Waals surface area contributed by atoms with Gasteiger partial charge in [-0.1, -0.05) is 27.7 Å². The second-order valence-electron chi connectivity index (χ2n) is 3.15. The molecule has 0 aliphatic carbocycles. The van der Waals surface area contributed by atoms with E-state index in [2.05, 4.69) is 16.3 Å². The highest BCUT2D eigenvalue weighted by atomic mass is 27.0. The topological polar surface area (TPSA) is 40.5 Å². The van der Waals surface area contributed by atoms with Crippen LogP contribution in [0.3, 0.4) is 0 Å². The first kappa shape index (κ1) is 18.3. The molecule has 0 aromatic heterocycles. The normalized spacial score (nSPS) is 8.42. The zero-order chi connectivity index (χ0) is 10.6. The molecular formula is C9H23AlO2. The van der Waals surface area contributed by atoms with Gasteiger partial charge in [-0.2, -0.15) is 0 Å². The summed E-state index contributed by atoms with van der Waals surface area (Å²) in [5, 5.41) is 16.3. The molecule has 0 saturated heterocycles. The van der Waals surface area contributed by atoms with Gasteiger partial charge in [-0.3, -0.25) is 0 Å². The fraction of sp³-hybridized carbons (Fsp3) is 1.00. The third-order valence-electron chi connectivity index (χ3n) is 0.730. The lowest BCUT2D eigenvalue weighted by atomic mass is 10.2. The van der Waals surface area contributed by atoms with Crippen LogP contribution in [0.5, 0.6) is 0 Å². The molecule has 74 valence electrons.